The molecule has 0 saturated carbocycles. The van der Waals surface area contributed by atoms with E-state index in [-0.39, 0.29) is 0 Å². The van der Waals surface area contributed by atoms with Gasteiger partial charge < -0.3 is 0 Å². The molecule has 0 aromatic carbocycles. The molecule has 0 atom stereocenters. The summed E-state index contributed by atoms with van der Waals surface area (Å²) in [5.41, 5.74) is 1.45. The minimum absolute atomic E-state index is 0.549. The van der Waals surface area contributed by atoms with Gasteiger partial charge in [0, 0.05) is 12.4 Å². The third-order valence-electron chi connectivity index (χ3n) is 2.02. The molecule has 0 amide bonds. The summed E-state index contributed by atoms with van der Waals surface area (Å²) in [6.45, 7) is 1.88. The number of pyridine rings is 1. The summed E-state index contributed by atoms with van der Waals surface area (Å²) in [5.74, 6) is 0.559. The number of rotatable bonds is 1. The van der Waals surface area contributed by atoms with Gasteiger partial charge in [-0.05, 0) is 34.5 Å². The standard InChI is InChI=1S/C10H7BrN4/c1-7-2-3-13-10(9(7)4-12)15-6-8(11)5-14-15/h2-3,5-6H,1H3. The molecule has 0 radical (unpaired) electrons. The predicted octanol–water partition coefficient (Wildman–Crippen LogP) is 2.21. The minimum atomic E-state index is 0.549. The van der Waals surface area contributed by atoms with Gasteiger partial charge in [0.1, 0.15) is 6.07 Å². The van der Waals surface area contributed by atoms with Gasteiger partial charge in [0.15, 0.2) is 5.82 Å². The maximum atomic E-state index is 9.02. The second kappa shape index (κ2) is 3.83. The smallest absolute Gasteiger partial charge is 0.171 e. The second-order valence-electron chi connectivity index (χ2n) is 3.04. The second-order valence-corrected chi connectivity index (χ2v) is 3.96. The Morgan fingerprint density at radius 1 is 1.53 bits per heavy atom. The van der Waals surface area contributed by atoms with E-state index >= 15 is 0 Å². The van der Waals surface area contributed by atoms with Crippen LogP contribution < -0.4 is 0 Å². The highest BCUT2D eigenvalue weighted by Gasteiger charge is 2.09. The first kappa shape index (κ1) is 9.87. The fourth-order valence-corrected chi connectivity index (χ4v) is 1.56. The fraction of sp³-hybridized carbons (Fsp3) is 0.100. The largest absolute Gasteiger partial charge is 0.236 e. The van der Waals surface area contributed by atoms with E-state index < -0.39 is 0 Å². The molecule has 0 aliphatic rings. The zero-order valence-electron chi connectivity index (χ0n) is 7.98. The average Bonchev–Trinajstić information content (AvgIpc) is 2.64. The highest BCUT2D eigenvalue weighted by molar-refractivity contribution is 9.10. The third-order valence-corrected chi connectivity index (χ3v) is 2.43. The molecule has 0 saturated heterocycles. The van der Waals surface area contributed by atoms with E-state index in [9.17, 15) is 0 Å². The van der Waals surface area contributed by atoms with Crippen molar-refractivity contribution in [1.29, 1.82) is 5.26 Å². The Balaban J connectivity index is 2.63. The zero-order chi connectivity index (χ0) is 10.8. The molecule has 0 unspecified atom stereocenters. The van der Waals surface area contributed by atoms with Gasteiger partial charge in [-0.3, -0.25) is 0 Å². The molecular formula is C10H7BrN4. The number of halogens is 1. The van der Waals surface area contributed by atoms with E-state index in [0.717, 1.165) is 10.0 Å². The van der Waals surface area contributed by atoms with Crippen molar-refractivity contribution in [3.05, 3.63) is 40.3 Å². The molecule has 4 nitrogen and oxygen atoms in total. The van der Waals surface area contributed by atoms with Gasteiger partial charge in [-0.25, -0.2) is 9.67 Å². The highest BCUT2D eigenvalue weighted by atomic mass is 79.9. The van der Waals surface area contributed by atoms with Gasteiger partial charge >= 0.3 is 0 Å². The predicted molar refractivity (Wildman–Crippen MR) is 58.5 cm³/mol. The fourth-order valence-electron chi connectivity index (χ4n) is 1.27. The Morgan fingerprint density at radius 3 is 2.93 bits per heavy atom. The van der Waals surface area contributed by atoms with Crippen molar-refractivity contribution in [3.8, 4) is 11.9 Å². The lowest BCUT2D eigenvalue weighted by Gasteiger charge is -2.04. The molecule has 15 heavy (non-hydrogen) atoms. The molecule has 74 valence electrons. The van der Waals surface area contributed by atoms with E-state index in [1.54, 1.807) is 29.3 Å². The number of aryl methyl sites for hydroxylation is 1. The summed E-state index contributed by atoms with van der Waals surface area (Å²) in [4.78, 5) is 4.15. The summed E-state index contributed by atoms with van der Waals surface area (Å²) in [6.07, 6.45) is 5.09. The van der Waals surface area contributed by atoms with Crippen LogP contribution in [0, 0.1) is 18.3 Å². The van der Waals surface area contributed by atoms with Crippen LogP contribution >= 0.6 is 15.9 Å². The first-order chi connectivity index (χ1) is 7.22. The van der Waals surface area contributed by atoms with E-state index in [1.807, 2.05) is 6.92 Å². The van der Waals surface area contributed by atoms with E-state index in [1.165, 1.54) is 0 Å². The lowest BCUT2D eigenvalue weighted by molar-refractivity contribution is 0.841. The summed E-state index contributed by atoms with van der Waals surface area (Å²) in [5, 5.41) is 13.1. The van der Waals surface area contributed by atoms with Crippen molar-refractivity contribution in [1.82, 2.24) is 14.8 Å². The van der Waals surface area contributed by atoms with Crippen molar-refractivity contribution < 1.29 is 0 Å². The number of nitrogens with zero attached hydrogens (tertiary/aromatic N) is 4. The van der Waals surface area contributed by atoms with Gasteiger partial charge in [-0.15, -0.1) is 0 Å². The van der Waals surface area contributed by atoms with Gasteiger partial charge in [0.05, 0.1) is 16.2 Å². The van der Waals surface area contributed by atoms with Crippen molar-refractivity contribution in [3.63, 3.8) is 0 Å². The van der Waals surface area contributed by atoms with Crippen molar-refractivity contribution in [2.45, 2.75) is 6.92 Å². The van der Waals surface area contributed by atoms with E-state index in [2.05, 4.69) is 32.1 Å². The van der Waals surface area contributed by atoms with Crippen LogP contribution in [0.4, 0.5) is 0 Å². The Bertz CT molecular complexity index is 539. The van der Waals surface area contributed by atoms with Crippen LogP contribution in [0.5, 0.6) is 0 Å². The summed E-state index contributed by atoms with van der Waals surface area (Å²) < 4.78 is 2.44. The van der Waals surface area contributed by atoms with Crippen LogP contribution in [0.25, 0.3) is 5.82 Å². The van der Waals surface area contributed by atoms with Crippen molar-refractivity contribution in [2.24, 2.45) is 0 Å². The normalized spacial score (nSPS) is 9.93. The van der Waals surface area contributed by atoms with E-state index in [0.29, 0.717) is 11.4 Å². The monoisotopic (exact) mass is 262 g/mol. The van der Waals surface area contributed by atoms with Crippen molar-refractivity contribution in [2.75, 3.05) is 0 Å². The Morgan fingerprint density at radius 2 is 2.33 bits per heavy atom. The van der Waals surface area contributed by atoms with Gasteiger partial charge in [0.25, 0.3) is 0 Å². The van der Waals surface area contributed by atoms with Crippen LogP contribution in [0.2, 0.25) is 0 Å². The molecule has 0 aliphatic heterocycles. The quantitative estimate of drug-likeness (QED) is 0.792. The Hall–Kier alpha value is -1.67. The lowest BCUT2D eigenvalue weighted by Crippen LogP contribution is -2.02. The number of nitriles is 1. The van der Waals surface area contributed by atoms with Crippen molar-refractivity contribution >= 4 is 15.9 Å². The van der Waals surface area contributed by atoms with Crippen LogP contribution in [0.1, 0.15) is 11.1 Å². The van der Waals surface area contributed by atoms with Crippen LogP contribution in [-0.2, 0) is 0 Å². The molecule has 2 aromatic heterocycles. The molecule has 0 spiro atoms. The molecule has 0 fully saturated rings. The SMILES string of the molecule is Cc1ccnc(-n2cc(Br)cn2)c1C#N. The van der Waals surface area contributed by atoms with Gasteiger partial charge in [0.2, 0.25) is 0 Å². The number of aromatic nitrogens is 3. The lowest BCUT2D eigenvalue weighted by atomic mass is 10.1. The third kappa shape index (κ3) is 1.76. The number of hydrogen-bond acceptors (Lipinski definition) is 3. The topological polar surface area (TPSA) is 54.5 Å². The maximum absolute atomic E-state index is 9.02. The highest BCUT2D eigenvalue weighted by Crippen LogP contribution is 2.16. The van der Waals surface area contributed by atoms with Gasteiger partial charge in [-0.2, -0.15) is 10.4 Å². The summed E-state index contributed by atoms with van der Waals surface area (Å²) >= 11 is 3.30. The Kier molecular flexibility index (Phi) is 2.52. The first-order valence-corrected chi connectivity index (χ1v) is 5.08. The molecule has 2 heterocycles. The maximum Gasteiger partial charge on any atom is 0.171 e. The molecular weight excluding hydrogens is 256 g/mol. The molecule has 0 bridgehead atoms. The summed E-state index contributed by atoms with van der Waals surface area (Å²) in [7, 11) is 0. The van der Waals surface area contributed by atoms with Crippen LogP contribution in [-0.4, -0.2) is 14.8 Å². The van der Waals surface area contributed by atoms with Gasteiger partial charge in [-0.1, -0.05) is 0 Å². The Labute approximate surface area is 95.3 Å². The molecule has 0 aliphatic carbocycles. The molecule has 0 N–H and O–H groups in total. The zero-order valence-corrected chi connectivity index (χ0v) is 9.56. The van der Waals surface area contributed by atoms with Crippen LogP contribution in [0.3, 0.4) is 0 Å². The molecule has 2 aromatic rings. The number of hydrogen-bond donors (Lipinski definition) is 0. The first-order valence-electron chi connectivity index (χ1n) is 4.28. The van der Waals surface area contributed by atoms with E-state index in [4.69, 9.17) is 5.26 Å². The summed E-state index contributed by atoms with van der Waals surface area (Å²) in [6, 6.07) is 3.94. The van der Waals surface area contributed by atoms with Crippen LogP contribution in [0.15, 0.2) is 29.1 Å². The minimum Gasteiger partial charge on any atom is -0.236 e. The molecule has 2 rings (SSSR count). The molecule has 5 heteroatoms. The average molecular weight is 263 g/mol.